The Morgan fingerprint density at radius 2 is 1.96 bits per heavy atom. The maximum absolute atomic E-state index is 6.40. The Kier molecular flexibility index (Phi) is 5.18. The van der Waals surface area contributed by atoms with Crippen LogP contribution in [0, 0.1) is 12.8 Å². The number of rotatable bonds is 4. The van der Waals surface area contributed by atoms with Gasteiger partial charge in [0, 0.05) is 23.7 Å². The molecule has 2 aromatic rings. The van der Waals surface area contributed by atoms with Gasteiger partial charge in [0.05, 0.1) is 0 Å². The van der Waals surface area contributed by atoms with Crippen LogP contribution in [0.4, 0.5) is 0 Å². The second-order valence-corrected chi connectivity index (χ2v) is 10.0. The maximum Gasteiger partial charge on any atom is 0.196 e. The van der Waals surface area contributed by atoms with Gasteiger partial charge in [-0.25, -0.2) is 4.98 Å². The number of oxazole rings is 1. The summed E-state index contributed by atoms with van der Waals surface area (Å²) in [5, 5.41) is 0. The van der Waals surface area contributed by atoms with Gasteiger partial charge in [-0.2, -0.15) is 11.8 Å². The maximum atomic E-state index is 6.40. The van der Waals surface area contributed by atoms with Gasteiger partial charge in [-0.15, -0.1) is 0 Å². The Hall–Kier alpha value is -1.22. The highest BCUT2D eigenvalue weighted by Gasteiger charge is 2.40. The average molecular weight is 384 g/mol. The fourth-order valence-corrected chi connectivity index (χ4v) is 5.96. The van der Waals surface area contributed by atoms with Crippen LogP contribution in [0.2, 0.25) is 0 Å². The summed E-state index contributed by atoms with van der Waals surface area (Å²) in [7, 11) is 0. The summed E-state index contributed by atoms with van der Waals surface area (Å²) in [6.45, 7) is 11.6. The molecule has 0 fully saturated rings. The molecule has 4 atom stereocenters. The SMILES string of the molecule is CSCCc1nc2c(C)c3c4c(c2o1)[C@@H](C)CCC4[C@@H](C)C[C@H]3C=C(C)C. The summed E-state index contributed by atoms with van der Waals surface area (Å²) >= 11 is 1.86. The first-order chi connectivity index (χ1) is 12.9. The van der Waals surface area contributed by atoms with Crippen molar-refractivity contribution in [1.82, 2.24) is 4.98 Å². The summed E-state index contributed by atoms with van der Waals surface area (Å²) in [5.41, 5.74) is 9.73. The minimum Gasteiger partial charge on any atom is -0.440 e. The first-order valence-electron chi connectivity index (χ1n) is 10.5. The largest absolute Gasteiger partial charge is 0.440 e. The summed E-state index contributed by atoms with van der Waals surface area (Å²) in [6, 6.07) is 0. The molecule has 0 N–H and O–H groups in total. The van der Waals surface area contributed by atoms with Gasteiger partial charge >= 0.3 is 0 Å². The van der Waals surface area contributed by atoms with E-state index < -0.39 is 0 Å². The van der Waals surface area contributed by atoms with Crippen molar-refractivity contribution in [2.45, 2.75) is 78.1 Å². The molecule has 0 radical (unpaired) electrons. The predicted octanol–water partition coefficient (Wildman–Crippen LogP) is 7.11. The van der Waals surface area contributed by atoms with Crippen LogP contribution < -0.4 is 0 Å². The monoisotopic (exact) mass is 383 g/mol. The summed E-state index contributed by atoms with van der Waals surface area (Å²) < 4.78 is 6.40. The summed E-state index contributed by atoms with van der Waals surface area (Å²) in [5.74, 6) is 4.50. The number of benzene rings is 1. The smallest absolute Gasteiger partial charge is 0.196 e. The Morgan fingerprint density at radius 1 is 1.19 bits per heavy atom. The molecule has 1 heterocycles. The quantitative estimate of drug-likeness (QED) is 0.526. The zero-order chi connectivity index (χ0) is 19.3. The van der Waals surface area contributed by atoms with E-state index in [0.29, 0.717) is 17.8 Å². The van der Waals surface area contributed by atoms with Gasteiger partial charge in [-0.1, -0.05) is 25.5 Å². The lowest BCUT2D eigenvalue weighted by atomic mass is 9.62. The third kappa shape index (κ3) is 3.16. The Balaban J connectivity index is 2.00. The number of aryl methyl sites for hydroxylation is 2. The normalized spacial score (nSPS) is 26.9. The first kappa shape index (κ1) is 19.1. The molecule has 4 rings (SSSR count). The number of fused-ring (bicyclic) bond motifs is 2. The summed E-state index contributed by atoms with van der Waals surface area (Å²) in [6.07, 6.45) is 9.42. The molecule has 0 saturated heterocycles. The highest BCUT2D eigenvalue weighted by atomic mass is 32.2. The average Bonchev–Trinajstić information content (AvgIpc) is 3.03. The van der Waals surface area contributed by atoms with Crippen LogP contribution in [0.25, 0.3) is 11.1 Å². The van der Waals surface area contributed by atoms with Crippen molar-refractivity contribution in [1.29, 1.82) is 0 Å². The molecule has 0 bridgehead atoms. The van der Waals surface area contributed by atoms with Crippen molar-refractivity contribution < 1.29 is 4.42 Å². The molecule has 1 unspecified atom stereocenters. The molecule has 1 aromatic carbocycles. The van der Waals surface area contributed by atoms with Crippen molar-refractivity contribution in [3.63, 3.8) is 0 Å². The zero-order valence-electron chi connectivity index (χ0n) is 17.7. The van der Waals surface area contributed by atoms with Crippen molar-refractivity contribution in [2.24, 2.45) is 5.92 Å². The fraction of sp³-hybridized carbons (Fsp3) is 0.625. The second kappa shape index (κ2) is 7.31. The van der Waals surface area contributed by atoms with E-state index in [4.69, 9.17) is 9.40 Å². The second-order valence-electron chi connectivity index (χ2n) is 9.04. The van der Waals surface area contributed by atoms with E-state index >= 15 is 0 Å². The first-order valence-corrected chi connectivity index (χ1v) is 11.9. The molecule has 1 aromatic heterocycles. The number of hydrogen-bond acceptors (Lipinski definition) is 3. The molecule has 146 valence electrons. The third-order valence-electron chi connectivity index (χ3n) is 6.77. The molecule has 0 spiro atoms. The molecule has 0 aliphatic heterocycles. The lowest BCUT2D eigenvalue weighted by molar-refractivity contribution is 0.332. The Bertz CT molecular complexity index is 890. The van der Waals surface area contributed by atoms with Crippen molar-refractivity contribution in [3.8, 4) is 0 Å². The lowest BCUT2D eigenvalue weighted by Crippen LogP contribution is -2.28. The number of nitrogens with zero attached hydrogens (tertiary/aromatic N) is 1. The van der Waals surface area contributed by atoms with Gasteiger partial charge in [0.2, 0.25) is 0 Å². The van der Waals surface area contributed by atoms with Crippen molar-refractivity contribution >= 4 is 22.9 Å². The number of allylic oxidation sites excluding steroid dienone is 2. The Morgan fingerprint density at radius 3 is 2.67 bits per heavy atom. The van der Waals surface area contributed by atoms with Crippen molar-refractivity contribution in [3.05, 3.63) is 39.8 Å². The van der Waals surface area contributed by atoms with Crippen molar-refractivity contribution in [2.75, 3.05) is 12.0 Å². The van der Waals surface area contributed by atoms with Crippen LogP contribution in [0.1, 0.15) is 92.9 Å². The van der Waals surface area contributed by atoms with Gasteiger partial charge < -0.3 is 4.42 Å². The van der Waals surface area contributed by atoms with E-state index in [9.17, 15) is 0 Å². The van der Waals surface area contributed by atoms with Crippen LogP contribution in [0.15, 0.2) is 16.1 Å². The van der Waals surface area contributed by atoms with Gasteiger partial charge in [0.1, 0.15) is 5.52 Å². The molecule has 2 nitrogen and oxygen atoms in total. The molecule has 2 aliphatic rings. The van der Waals surface area contributed by atoms with Crippen LogP contribution in [0.3, 0.4) is 0 Å². The van der Waals surface area contributed by atoms with Gasteiger partial charge in [0.25, 0.3) is 0 Å². The number of hydrogen-bond donors (Lipinski definition) is 0. The molecule has 2 aliphatic carbocycles. The van der Waals surface area contributed by atoms with Gasteiger partial charge in [-0.05, 0) is 80.7 Å². The molecule has 3 heteroatoms. The number of aromatic nitrogens is 1. The lowest BCUT2D eigenvalue weighted by Gasteiger charge is -2.42. The van der Waals surface area contributed by atoms with E-state index in [1.165, 1.54) is 36.0 Å². The van der Waals surface area contributed by atoms with E-state index in [2.05, 4.69) is 47.0 Å². The predicted molar refractivity (Wildman–Crippen MR) is 117 cm³/mol. The molecule has 0 amide bonds. The van der Waals surface area contributed by atoms with Gasteiger partial charge in [0.15, 0.2) is 11.5 Å². The van der Waals surface area contributed by atoms with Crippen LogP contribution in [0.5, 0.6) is 0 Å². The van der Waals surface area contributed by atoms with Gasteiger partial charge in [-0.3, -0.25) is 0 Å². The minimum absolute atomic E-state index is 0.524. The van der Waals surface area contributed by atoms with E-state index in [1.807, 2.05) is 11.8 Å². The third-order valence-corrected chi connectivity index (χ3v) is 7.38. The van der Waals surface area contributed by atoms with E-state index in [-0.39, 0.29) is 0 Å². The molecule has 0 saturated carbocycles. The van der Waals surface area contributed by atoms with Crippen LogP contribution in [-0.4, -0.2) is 17.0 Å². The van der Waals surface area contributed by atoms with E-state index in [0.717, 1.165) is 35.1 Å². The van der Waals surface area contributed by atoms with E-state index in [1.54, 1.807) is 11.1 Å². The highest BCUT2D eigenvalue weighted by molar-refractivity contribution is 7.98. The highest BCUT2D eigenvalue weighted by Crippen LogP contribution is 2.55. The van der Waals surface area contributed by atoms with Crippen LogP contribution in [-0.2, 0) is 6.42 Å². The standard InChI is InChI=1S/C24H33NOS/c1-13(2)11-17-12-15(4)18-8-7-14(3)20-22(18)21(17)16(5)23-24(20)26-19(25-23)9-10-27-6/h11,14-15,17-18H,7-10,12H2,1-6H3/t14-,15-,17+,18?/m0/s1. The van der Waals surface area contributed by atoms with Crippen LogP contribution >= 0.6 is 11.8 Å². The summed E-state index contributed by atoms with van der Waals surface area (Å²) in [4.78, 5) is 4.98. The topological polar surface area (TPSA) is 26.0 Å². The number of thioether (sulfide) groups is 1. The minimum atomic E-state index is 0.524. The fourth-order valence-electron chi connectivity index (χ4n) is 5.58. The molecular weight excluding hydrogens is 350 g/mol. The Labute approximate surface area is 168 Å². The molecular formula is C24H33NOS. The zero-order valence-corrected chi connectivity index (χ0v) is 18.5. The molecule has 27 heavy (non-hydrogen) atoms.